The molecule has 2 heterocycles. The molecule has 1 aromatic carbocycles. The van der Waals surface area contributed by atoms with Crippen molar-refractivity contribution >= 4 is 23.1 Å². The normalized spacial score (nSPS) is 15.0. The quantitative estimate of drug-likeness (QED) is 0.717. The number of hydrogen-bond acceptors (Lipinski definition) is 7. The van der Waals surface area contributed by atoms with Crippen LogP contribution in [0.4, 0.5) is 11.5 Å². The Morgan fingerprint density at radius 3 is 2.88 bits per heavy atom. The van der Waals surface area contributed by atoms with Gasteiger partial charge < -0.3 is 20.5 Å². The van der Waals surface area contributed by atoms with E-state index in [0.29, 0.717) is 28.2 Å². The predicted octanol–water partition coefficient (Wildman–Crippen LogP) is 2.95. The van der Waals surface area contributed by atoms with Crippen LogP contribution < -0.4 is 15.8 Å². The van der Waals surface area contributed by atoms with Gasteiger partial charge in [-0.2, -0.15) is 4.98 Å². The molecule has 7 nitrogen and oxygen atoms in total. The first-order valence-electron chi connectivity index (χ1n) is 8.72. The van der Waals surface area contributed by atoms with Crippen molar-refractivity contribution in [2.24, 2.45) is 0 Å². The Labute approximate surface area is 158 Å². The molecular formula is C18H24ClN5O2. The lowest BCUT2D eigenvalue weighted by atomic mass is 10.2. The highest BCUT2D eigenvalue weighted by atomic mass is 35.5. The molecule has 3 rings (SSSR count). The number of aryl methyl sites for hydroxylation is 1. The van der Waals surface area contributed by atoms with Gasteiger partial charge in [-0.3, -0.25) is 4.90 Å². The van der Waals surface area contributed by atoms with Crippen LogP contribution in [0.5, 0.6) is 11.6 Å². The molecule has 0 saturated carbocycles. The summed E-state index contributed by atoms with van der Waals surface area (Å²) in [6.45, 7) is 7.34. The van der Waals surface area contributed by atoms with E-state index in [2.05, 4.69) is 20.2 Å². The minimum atomic E-state index is 0.331. The van der Waals surface area contributed by atoms with E-state index in [1.165, 1.54) is 6.33 Å². The number of aromatic nitrogens is 2. The minimum Gasteiger partial charge on any atom is -0.437 e. The van der Waals surface area contributed by atoms with Crippen LogP contribution in [0.15, 0.2) is 24.5 Å². The van der Waals surface area contributed by atoms with Crippen molar-refractivity contribution in [1.29, 1.82) is 0 Å². The molecule has 8 heteroatoms. The van der Waals surface area contributed by atoms with E-state index < -0.39 is 0 Å². The van der Waals surface area contributed by atoms with Gasteiger partial charge in [0, 0.05) is 24.7 Å². The number of hydrogen-bond donors (Lipinski definition) is 2. The summed E-state index contributed by atoms with van der Waals surface area (Å²) >= 11 is 6.04. The standard InChI is InChI=1S/C18H24ClN5O2/c1-13-11-14(3-4-15(13)19)26-18-16(20)17(22-12-23-18)21-5-2-6-24-7-9-25-10-8-24/h3-4,11-12H,2,5-10,20H2,1H3,(H,21,22,23). The molecule has 26 heavy (non-hydrogen) atoms. The second kappa shape index (κ2) is 9.02. The van der Waals surface area contributed by atoms with Gasteiger partial charge >= 0.3 is 0 Å². The summed E-state index contributed by atoms with van der Waals surface area (Å²) in [5, 5.41) is 3.95. The highest BCUT2D eigenvalue weighted by Crippen LogP contribution is 2.30. The second-order valence-corrected chi connectivity index (χ2v) is 6.60. The minimum absolute atomic E-state index is 0.331. The first-order valence-corrected chi connectivity index (χ1v) is 9.10. The van der Waals surface area contributed by atoms with E-state index in [0.717, 1.165) is 51.4 Å². The molecule has 3 N–H and O–H groups in total. The van der Waals surface area contributed by atoms with Gasteiger partial charge in [0.15, 0.2) is 5.82 Å². The van der Waals surface area contributed by atoms with Crippen molar-refractivity contribution in [3.63, 3.8) is 0 Å². The van der Waals surface area contributed by atoms with Crippen molar-refractivity contribution in [3.8, 4) is 11.6 Å². The maximum absolute atomic E-state index is 6.16. The fraction of sp³-hybridized carbons (Fsp3) is 0.444. The Morgan fingerprint density at radius 1 is 1.31 bits per heavy atom. The van der Waals surface area contributed by atoms with Crippen molar-refractivity contribution in [1.82, 2.24) is 14.9 Å². The zero-order valence-electron chi connectivity index (χ0n) is 14.9. The van der Waals surface area contributed by atoms with Gasteiger partial charge in [0.25, 0.3) is 0 Å². The molecule has 2 aromatic rings. The molecule has 1 fully saturated rings. The summed E-state index contributed by atoms with van der Waals surface area (Å²) in [6, 6.07) is 5.42. The first kappa shape index (κ1) is 18.7. The monoisotopic (exact) mass is 377 g/mol. The summed E-state index contributed by atoms with van der Waals surface area (Å²) in [6.07, 6.45) is 2.44. The van der Waals surface area contributed by atoms with Crippen LogP contribution in [0.25, 0.3) is 0 Å². The number of nitrogens with one attached hydrogen (secondary N) is 1. The molecule has 1 aromatic heterocycles. The number of halogens is 1. The Hall–Kier alpha value is -2.09. The van der Waals surface area contributed by atoms with Crippen LogP contribution in [0, 0.1) is 6.92 Å². The molecule has 140 valence electrons. The van der Waals surface area contributed by atoms with Gasteiger partial charge in [0.2, 0.25) is 5.88 Å². The van der Waals surface area contributed by atoms with Crippen molar-refractivity contribution < 1.29 is 9.47 Å². The average molecular weight is 378 g/mol. The predicted molar refractivity (Wildman–Crippen MR) is 103 cm³/mol. The lowest BCUT2D eigenvalue weighted by molar-refractivity contribution is 0.0378. The van der Waals surface area contributed by atoms with Gasteiger partial charge in [0.1, 0.15) is 17.8 Å². The summed E-state index contributed by atoms with van der Waals surface area (Å²) in [4.78, 5) is 10.7. The molecule has 0 atom stereocenters. The molecule has 0 radical (unpaired) electrons. The fourth-order valence-electron chi connectivity index (χ4n) is 2.73. The summed E-state index contributed by atoms with van der Waals surface area (Å²) in [5.41, 5.74) is 7.48. The smallest absolute Gasteiger partial charge is 0.248 e. The van der Waals surface area contributed by atoms with Gasteiger partial charge in [0.05, 0.1) is 13.2 Å². The topological polar surface area (TPSA) is 85.5 Å². The lowest BCUT2D eigenvalue weighted by Gasteiger charge is -2.26. The number of rotatable bonds is 7. The Bertz CT molecular complexity index is 738. The van der Waals surface area contributed by atoms with Crippen LogP contribution in [0.1, 0.15) is 12.0 Å². The molecular weight excluding hydrogens is 354 g/mol. The highest BCUT2D eigenvalue weighted by Gasteiger charge is 2.12. The van der Waals surface area contributed by atoms with Crippen LogP contribution in [-0.4, -0.2) is 54.3 Å². The fourth-order valence-corrected chi connectivity index (χ4v) is 2.85. The van der Waals surface area contributed by atoms with E-state index in [1.807, 2.05) is 13.0 Å². The first-order chi connectivity index (χ1) is 12.6. The van der Waals surface area contributed by atoms with Gasteiger partial charge in [-0.05, 0) is 43.7 Å². The largest absolute Gasteiger partial charge is 0.437 e. The third kappa shape index (κ3) is 4.97. The van der Waals surface area contributed by atoms with E-state index in [4.69, 9.17) is 26.8 Å². The van der Waals surface area contributed by atoms with E-state index in [1.54, 1.807) is 12.1 Å². The Kier molecular flexibility index (Phi) is 6.49. The number of anilines is 2. The van der Waals surface area contributed by atoms with Gasteiger partial charge in [-0.25, -0.2) is 4.98 Å². The SMILES string of the molecule is Cc1cc(Oc2ncnc(NCCCN3CCOCC3)c2N)ccc1Cl. The lowest BCUT2D eigenvalue weighted by Crippen LogP contribution is -2.37. The van der Waals surface area contributed by atoms with Crippen LogP contribution in [0.3, 0.4) is 0 Å². The maximum Gasteiger partial charge on any atom is 0.248 e. The molecule has 1 aliphatic rings. The van der Waals surface area contributed by atoms with E-state index in [9.17, 15) is 0 Å². The number of benzene rings is 1. The maximum atomic E-state index is 6.16. The molecule has 0 aliphatic carbocycles. The molecule has 0 spiro atoms. The summed E-state index contributed by atoms with van der Waals surface area (Å²) in [5.74, 6) is 1.55. The van der Waals surface area contributed by atoms with E-state index >= 15 is 0 Å². The van der Waals surface area contributed by atoms with Crippen LogP contribution in [0.2, 0.25) is 5.02 Å². The zero-order chi connectivity index (χ0) is 18.4. The number of nitrogens with two attached hydrogens (primary N) is 1. The van der Waals surface area contributed by atoms with Crippen LogP contribution in [-0.2, 0) is 4.74 Å². The number of ether oxygens (including phenoxy) is 2. The van der Waals surface area contributed by atoms with Crippen molar-refractivity contribution in [2.45, 2.75) is 13.3 Å². The second-order valence-electron chi connectivity index (χ2n) is 6.19. The molecule has 0 unspecified atom stereocenters. The summed E-state index contributed by atoms with van der Waals surface area (Å²) < 4.78 is 11.1. The zero-order valence-corrected chi connectivity index (χ0v) is 15.6. The number of nitrogens with zero attached hydrogens (tertiary/aromatic N) is 3. The highest BCUT2D eigenvalue weighted by molar-refractivity contribution is 6.31. The average Bonchev–Trinajstić information content (AvgIpc) is 2.65. The Morgan fingerprint density at radius 2 is 2.12 bits per heavy atom. The van der Waals surface area contributed by atoms with Crippen molar-refractivity contribution in [3.05, 3.63) is 35.1 Å². The number of morpholine rings is 1. The third-order valence-corrected chi connectivity index (χ3v) is 4.66. The van der Waals surface area contributed by atoms with E-state index in [-0.39, 0.29) is 0 Å². The molecule has 0 bridgehead atoms. The van der Waals surface area contributed by atoms with Gasteiger partial charge in [-0.1, -0.05) is 11.6 Å². The van der Waals surface area contributed by atoms with Gasteiger partial charge in [-0.15, -0.1) is 0 Å². The number of nitrogen functional groups attached to an aromatic ring is 1. The van der Waals surface area contributed by atoms with Crippen molar-refractivity contribution in [2.75, 3.05) is 50.4 Å². The summed E-state index contributed by atoms with van der Waals surface area (Å²) in [7, 11) is 0. The third-order valence-electron chi connectivity index (χ3n) is 4.24. The Balaban J connectivity index is 1.55. The molecule has 0 amide bonds. The molecule has 1 aliphatic heterocycles. The van der Waals surface area contributed by atoms with Crippen LogP contribution >= 0.6 is 11.6 Å². The molecule has 1 saturated heterocycles.